The third-order valence-electron chi connectivity index (χ3n) is 3.45. The van der Waals surface area contributed by atoms with Crippen LogP contribution in [0.15, 0.2) is 5.38 Å². The number of thiazole rings is 1. The van der Waals surface area contributed by atoms with E-state index >= 15 is 0 Å². The van der Waals surface area contributed by atoms with Crippen LogP contribution in [0.4, 0.5) is 0 Å². The van der Waals surface area contributed by atoms with Crippen molar-refractivity contribution in [3.63, 3.8) is 0 Å². The molecule has 1 aromatic heterocycles. The van der Waals surface area contributed by atoms with Crippen molar-refractivity contribution in [3.8, 4) is 0 Å². The van der Waals surface area contributed by atoms with Crippen molar-refractivity contribution < 1.29 is 0 Å². The molecule has 0 spiro atoms. The molecule has 16 heavy (non-hydrogen) atoms. The van der Waals surface area contributed by atoms with Crippen LogP contribution in [0.1, 0.15) is 55.8 Å². The maximum absolute atomic E-state index is 4.66. The summed E-state index contributed by atoms with van der Waals surface area (Å²) in [6, 6.07) is 0.504. The van der Waals surface area contributed by atoms with Crippen LogP contribution in [0, 0.1) is 12.8 Å². The zero-order valence-electron chi connectivity index (χ0n) is 10.3. The van der Waals surface area contributed by atoms with E-state index in [0.29, 0.717) is 6.04 Å². The third-order valence-corrected chi connectivity index (χ3v) is 4.49. The van der Waals surface area contributed by atoms with Gasteiger partial charge in [0.15, 0.2) is 0 Å². The number of aromatic nitrogens is 1. The maximum Gasteiger partial charge on any atom is 0.110 e. The Labute approximate surface area is 102 Å². The number of nitrogens with one attached hydrogen (secondary N) is 1. The van der Waals surface area contributed by atoms with Crippen LogP contribution in [0.2, 0.25) is 0 Å². The first-order valence-corrected chi connectivity index (χ1v) is 7.34. The van der Waals surface area contributed by atoms with Crippen molar-refractivity contribution in [2.75, 3.05) is 6.54 Å². The van der Waals surface area contributed by atoms with Gasteiger partial charge in [-0.15, -0.1) is 11.3 Å². The monoisotopic (exact) mass is 238 g/mol. The highest BCUT2D eigenvalue weighted by molar-refractivity contribution is 7.09. The number of aryl methyl sites for hydroxylation is 1. The van der Waals surface area contributed by atoms with Crippen molar-refractivity contribution in [2.24, 2.45) is 5.92 Å². The first kappa shape index (κ1) is 12.1. The molecule has 1 N–H and O–H groups in total. The molecule has 1 aliphatic rings. The van der Waals surface area contributed by atoms with E-state index in [1.807, 2.05) is 11.3 Å². The van der Waals surface area contributed by atoms with E-state index in [0.717, 1.165) is 12.5 Å². The zero-order valence-corrected chi connectivity index (χ0v) is 11.1. The summed E-state index contributed by atoms with van der Waals surface area (Å²) in [7, 11) is 0. The average molecular weight is 238 g/mol. The highest BCUT2D eigenvalue weighted by atomic mass is 32.1. The third kappa shape index (κ3) is 2.83. The standard InChI is InChI=1S/C13H22N2S/c1-3-14-12(11-7-5-4-6-8-11)13-15-10(2)9-16-13/h9,11-12,14H,3-8H2,1-2H3. The lowest BCUT2D eigenvalue weighted by atomic mass is 9.84. The normalized spacial score (nSPS) is 19.9. The largest absolute Gasteiger partial charge is 0.308 e. The van der Waals surface area contributed by atoms with Gasteiger partial charge in [0.2, 0.25) is 0 Å². The molecule has 0 saturated heterocycles. The Balaban J connectivity index is 2.09. The van der Waals surface area contributed by atoms with Gasteiger partial charge in [-0.25, -0.2) is 4.98 Å². The Kier molecular flexibility index (Phi) is 4.36. The van der Waals surface area contributed by atoms with Gasteiger partial charge in [-0.1, -0.05) is 26.2 Å². The van der Waals surface area contributed by atoms with Gasteiger partial charge >= 0.3 is 0 Å². The summed E-state index contributed by atoms with van der Waals surface area (Å²) in [6.45, 7) is 5.32. The van der Waals surface area contributed by atoms with E-state index in [-0.39, 0.29) is 0 Å². The first-order chi connectivity index (χ1) is 7.81. The molecule has 2 rings (SSSR count). The Bertz CT molecular complexity index is 315. The van der Waals surface area contributed by atoms with Gasteiger partial charge in [0.1, 0.15) is 5.01 Å². The average Bonchev–Trinajstić information content (AvgIpc) is 2.74. The van der Waals surface area contributed by atoms with Crippen LogP contribution in [0.5, 0.6) is 0 Å². The van der Waals surface area contributed by atoms with Crippen molar-refractivity contribution in [2.45, 2.75) is 52.0 Å². The van der Waals surface area contributed by atoms with E-state index in [2.05, 4.69) is 29.5 Å². The van der Waals surface area contributed by atoms with Crippen molar-refractivity contribution >= 4 is 11.3 Å². The molecule has 0 radical (unpaired) electrons. The lowest BCUT2D eigenvalue weighted by molar-refractivity contribution is 0.274. The van der Waals surface area contributed by atoms with Crippen LogP contribution in [0.3, 0.4) is 0 Å². The summed E-state index contributed by atoms with van der Waals surface area (Å²) in [5.74, 6) is 0.805. The van der Waals surface area contributed by atoms with Gasteiger partial charge in [0.25, 0.3) is 0 Å². The quantitative estimate of drug-likeness (QED) is 0.865. The highest BCUT2D eigenvalue weighted by Gasteiger charge is 2.26. The van der Waals surface area contributed by atoms with E-state index < -0.39 is 0 Å². The first-order valence-electron chi connectivity index (χ1n) is 6.46. The van der Waals surface area contributed by atoms with E-state index in [1.54, 1.807) is 0 Å². The topological polar surface area (TPSA) is 24.9 Å². The van der Waals surface area contributed by atoms with E-state index in [9.17, 15) is 0 Å². The minimum Gasteiger partial charge on any atom is -0.308 e. The minimum atomic E-state index is 0.504. The van der Waals surface area contributed by atoms with Crippen LogP contribution in [0.25, 0.3) is 0 Å². The summed E-state index contributed by atoms with van der Waals surface area (Å²) in [6.07, 6.45) is 6.96. The summed E-state index contributed by atoms with van der Waals surface area (Å²) in [5, 5.41) is 7.10. The van der Waals surface area contributed by atoms with Crippen molar-refractivity contribution in [1.82, 2.24) is 10.3 Å². The predicted octanol–water partition coefficient (Wildman–Crippen LogP) is 3.68. The molecule has 0 amide bonds. The second kappa shape index (κ2) is 5.78. The fourth-order valence-corrected chi connectivity index (χ4v) is 3.62. The second-order valence-corrected chi connectivity index (χ2v) is 5.65. The molecule has 90 valence electrons. The summed E-state index contributed by atoms with van der Waals surface area (Å²) in [4.78, 5) is 4.66. The molecule has 1 aromatic rings. The zero-order chi connectivity index (χ0) is 11.4. The van der Waals surface area contributed by atoms with Crippen molar-refractivity contribution in [3.05, 3.63) is 16.1 Å². The highest BCUT2D eigenvalue weighted by Crippen LogP contribution is 2.35. The molecule has 0 aromatic carbocycles. The molecule has 1 aliphatic carbocycles. The summed E-state index contributed by atoms with van der Waals surface area (Å²) < 4.78 is 0. The molecule has 1 saturated carbocycles. The molecule has 2 nitrogen and oxygen atoms in total. The molecule has 1 fully saturated rings. The SMILES string of the molecule is CCNC(c1nc(C)cs1)C1CCCCC1. The van der Waals surface area contributed by atoms with Crippen LogP contribution in [-0.2, 0) is 0 Å². The lowest BCUT2D eigenvalue weighted by Gasteiger charge is -2.29. The Morgan fingerprint density at radius 2 is 2.19 bits per heavy atom. The molecule has 1 unspecified atom stereocenters. The Morgan fingerprint density at radius 1 is 1.44 bits per heavy atom. The lowest BCUT2D eigenvalue weighted by Crippen LogP contribution is -2.29. The molecular weight excluding hydrogens is 216 g/mol. The molecule has 0 bridgehead atoms. The Hall–Kier alpha value is -0.410. The van der Waals surface area contributed by atoms with Gasteiger partial charge in [0.05, 0.1) is 6.04 Å². The number of rotatable bonds is 4. The van der Waals surface area contributed by atoms with Gasteiger partial charge in [-0.2, -0.15) is 0 Å². The molecule has 3 heteroatoms. The number of nitrogens with zero attached hydrogens (tertiary/aromatic N) is 1. The van der Waals surface area contributed by atoms with Crippen LogP contribution >= 0.6 is 11.3 Å². The van der Waals surface area contributed by atoms with Crippen molar-refractivity contribution in [1.29, 1.82) is 0 Å². The summed E-state index contributed by atoms with van der Waals surface area (Å²) in [5.41, 5.74) is 1.17. The molecule has 1 heterocycles. The van der Waals surface area contributed by atoms with Gasteiger partial charge < -0.3 is 5.32 Å². The van der Waals surface area contributed by atoms with Crippen LogP contribution < -0.4 is 5.32 Å². The molecular formula is C13H22N2S. The molecule has 1 atom stereocenters. The predicted molar refractivity (Wildman–Crippen MR) is 69.8 cm³/mol. The second-order valence-electron chi connectivity index (χ2n) is 4.76. The maximum atomic E-state index is 4.66. The van der Waals surface area contributed by atoms with E-state index in [4.69, 9.17) is 0 Å². The number of hydrogen-bond acceptors (Lipinski definition) is 3. The fraction of sp³-hybridized carbons (Fsp3) is 0.769. The van der Waals surface area contributed by atoms with E-state index in [1.165, 1.54) is 42.8 Å². The smallest absolute Gasteiger partial charge is 0.110 e. The summed E-state index contributed by atoms with van der Waals surface area (Å²) >= 11 is 1.82. The fourth-order valence-electron chi connectivity index (χ4n) is 2.66. The van der Waals surface area contributed by atoms with Gasteiger partial charge in [0, 0.05) is 11.1 Å². The minimum absolute atomic E-state index is 0.504. The molecule has 0 aliphatic heterocycles. The van der Waals surface area contributed by atoms with Gasteiger partial charge in [-0.3, -0.25) is 0 Å². The van der Waals surface area contributed by atoms with Gasteiger partial charge in [-0.05, 0) is 32.2 Å². The van der Waals surface area contributed by atoms with Crippen LogP contribution in [-0.4, -0.2) is 11.5 Å². The Morgan fingerprint density at radius 3 is 2.75 bits per heavy atom. The number of hydrogen-bond donors (Lipinski definition) is 1.